The molecule has 2 heterocycles. The van der Waals surface area contributed by atoms with E-state index in [-0.39, 0.29) is 18.2 Å². The minimum absolute atomic E-state index is 0.0242. The number of para-hydroxylation sites is 2. The Morgan fingerprint density at radius 3 is 2.54 bits per heavy atom. The fourth-order valence-corrected chi connectivity index (χ4v) is 5.27. The summed E-state index contributed by atoms with van der Waals surface area (Å²) in [6.07, 6.45) is 3.47. The summed E-state index contributed by atoms with van der Waals surface area (Å²) in [6.45, 7) is 0.506. The van der Waals surface area contributed by atoms with Crippen molar-refractivity contribution < 1.29 is 19.1 Å². The number of nitrogens with one attached hydrogen (secondary N) is 2. The molecular weight excluding hydrogens is 466 g/mol. The van der Waals surface area contributed by atoms with E-state index in [1.807, 2.05) is 72.9 Å². The minimum atomic E-state index is -0.501. The number of fused-ring (bicyclic) bond motifs is 1. The monoisotopic (exact) mass is 497 g/mol. The van der Waals surface area contributed by atoms with Crippen LogP contribution >= 0.6 is 0 Å². The fourth-order valence-electron chi connectivity index (χ4n) is 5.27. The summed E-state index contributed by atoms with van der Waals surface area (Å²) in [6, 6.07) is 22.6. The molecule has 37 heavy (non-hydrogen) atoms. The number of rotatable bonds is 8. The third-order valence-electron chi connectivity index (χ3n) is 7.11. The third kappa shape index (κ3) is 4.89. The van der Waals surface area contributed by atoms with Crippen LogP contribution in [0, 0.1) is 5.92 Å². The number of piperidine rings is 1. The van der Waals surface area contributed by atoms with E-state index < -0.39 is 12.0 Å². The van der Waals surface area contributed by atoms with Crippen LogP contribution in [0.5, 0.6) is 11.5 Å². The highest BCUT2D eigenvalue weighted by atomic mass is 16.5. The van der Waals surface area contributed by atoms with Crippen LogP contribution in [0.25, 0.3) is 10.9 Å². The molecule has 0 radical (unpaired) electrons. The number of aromatic amines is 1. The molecule has 2 amide bonds. The van der Waals surface area contributed by atoms with Gasteiger partial charge in [-0.05, 0) is 54.8 Å². The molecule has 0 bridgehead atoms. The van der Waals surface area contributed by atoms with Gasteiger partial charge in [-0.3, -0.25) is 9.59 Å². The summed E-state index contributed by atoms with van der Waals surface area (Å²) >= 11 is 0. The van der Waals surface area contributed by atoms with Gasteiger partial charge in [0.25, 0.3) is 0 Å². The van der Waals surface area contributed by atoms with Crippen LogP contribution in [0.2, 0.25) is 0 Å². The minimum Gasteiger partial charge on any atom is -0.497 e. The van der Waals surface area contributed by atoms with E-state index in [0.717, 1.165) is 27.7 Å². The molecule has 2 N–H and O–H groups in total. The molecule has 5 rings (SSSR count). The average Bonchev–Trinajstić information content (AvgIpc) is 3.36. The predicted molar refractivity (Wildman–Crippen MR) is 144 cm³/mol. The normalized spacial score (nSPS) is 17.6. The highest BCUT2D eigenvalue weighted by molar-refractivity contribution is 5.97. The summed E-state index contributed by atoms with van der Waals surface area (Å²) in [5.74, 6) is 0.829. The number of H-pyrrole nitrogens is 1. The molecule has 0 spiro atoms. The number of carbonyl (C=O) groups excluding carboxylic acids is 2. The van der Waals surface area contributed by atoms with Crippen molar-refractivity contribution in [2.24, 2.45) is 5.92 Å². The Labute approximate surface area is 216 Å². The number of amides is 2. The van der Waals surface area contributed by atoms with Crippen molar-refractivity contribution in [2.45, 2.75) is 25.3 Å². The van der Waals surface area contributed by atoms with Crippen molar-refractivity contribution in [3.05, 3.63) is 90.1 Å². The maximum atomic E-state index is 13.6. The van der Waals surface area contributed by atoms with Crippen LogP contribution < -0.4 is 19.7 Å². The van der Waals surface area contributed by atoms with Crippen molar-refractivity contribution in [1.29, 1.82) is 0 Å². The lowest BCUT2D eigenvalue weighted by atomic mass is 9.82. The molecule has 1 aromatic heterocycles. The van der Waals surface area contributed by atoms with E-state index in [1.54, 1.807) is 19.1 Å². The third-order valence-corrected chi connectivity index (χ3v) is 7.11. The Bertz CT molecular complexity index is 1400. The van der Waals surface area contributed by atoms with Crippen molar-refractivity contribution in [1.82, 2.24) is 10.3 Å². The zero-order chi connectivity index (χ0) is 25.8. The molecule has 0 aliphatic carbocycles. The van der Waals surface area contributed by atoms with E-state index in [2.05, 4.69) is 16.4 Å². The molecule has 2 unspecified atom stereocenters. The first kappa shape index (κ1) is 24.4. The molecule has 7 heteroatoms. The molecule has 1 aliphatic heterocycles. The molecular formula is C30H31N3O4. The number of hydrogen-bond acceptors (Lipinski definition) is 4. The number of methoxy groups -OCH3 is 2. The van der Waals surface area contributed by atoms with Gasteiger partial charge < -0.3 is 24.7 Å². The molecule has 0 saturated carbocycles. The van der Waals surface area contributed by atoms with Gasteiger partial charge in [0.2, 0.25) is 11.8 Å². The first-order chi connectivity index (χ1) is 18.1. The average molecular weight is 498 g/mol. The zero-order valence-corrected chi connectivity index (χ0v) is 21.1. The maximum Gasteiger partial charge on any atom is 0.227 e. The van der Waals surface area contributed by atoms with E-state index in [9.17, 15) is 9.59 Å². The Morgan fingerprint density at radius 1 is 1.00 bits per heavy atom. The second-order valence-electron chi connectivity index (χ2n) is 9.19. The largest absolute Gasteiger partial charge is 0.497 e. The van der Waals surface area contributed by atoms with Crippen molar-refractivity contribution >= 4 is 28.4 Å². The van der Waals surface area contributed by atoms with E-state index in [1.165, 1.54) is 0 Å². The number of carbonyl (C=O) groups is 2. The fraction of sp³-hybridized carbons (Fsp3) is 0.267. The Kier molecular flexibility index (Phi) is 7.12. The standard InChI is InChI=1S/C30H31N3O4/c1-36-22-13-11-21(12-14-22)33-28(34)16-15-25(29(33)24-8-4-6-10-27(24)37-2)30(35)31-18-17-20-19-32-26-9-5-3-7-23(20)26/h3-14,19,25,29,32H,15-18H2,1-2H3,(H,31,35). The van der Waals surface area contributed by atoms with Crippen molar-refractivity contribution in [3.63, 3.8) is 0 Å². The summed E-state index contributed by atoms with van der Waals surface area (Å²) < 4.78 is 11.0. The SMILES string of the molecule is COc1ccc(N2C(=O)CCC(C(=O)NCCc3c[nH]c4ccccc34)C2c2ccccc2OC)cc1. The second kappa shape index (κ2) is 10.8. The van der Waals surface area contributed by atoms with Crippen molar-refractivity contribution in [3.8, 4) is 11.5 Å². The van der Waals surface area contributed by atoms with Gasteiger partial charge in [0.1, 0.15) is 11.5 Å². The Morgan fingerprint density at radius 2 is 1.76 bits per heavy atom. The van der Waals surface area contributed by atoms with Gasteiger partial charge >= 0.3 is 0 Å². The Balaban J connectivity index is 1.42. The summed E-state index contributed by atoms with van der Waals surface area (Å²) in [7, 11) is 3.22. The zero-order valence-electron chi connectivity index (χ0n) is 21.1. The van der Waals surface area contributed by atoms with Crippen LogP contribution in [0.15, 0.2) is 79.0 Å². The van der Waals surface area contributed by atoms with Crippen LogP contribution in [-0.2, 0) is 16.0 Å². The maximum absolute atomic E-state index is 13.6. The van der Waals surface area contributed by atoms with Crippen LogP contribution in [-0.4, -0.2) is 37.6 Å². The number of hydrogen-bond donors (Lipinski definition) is 2. The number of benzene rings is 3. The van der Waals surface area contributed by atoms with Gasteiger partial charge in [0.15, 0.2) is 0 Å². The van der Waals surface area contributed by atoms with Gasteiger partial charge in [-0.15, -0.1) is 0 Å². The van der Waals surface area contributed by atoms with Gasteiger partial charge in [0.05, 0.1) is 26.2 Å². The molecule has 2 atom stereocenters. The highest BCUT2D eigenvalue weighted by Gasteiger charge is 2.42. The summed E-state index contributed by atoms with van der Waals surface area (Å²) in [5, 5.41) is 4.31. The molecule has 1 aliphatic rings. The van der Waals surface area contributed by atoms with Crippen LogP contribution in [0.4, 0.5) is 5.69 Å². The van der Waals surface area contributed by atoms with Gasteiger partial charge in [-0.25, -0.2) is 0 Å². The number of anilines is 1. The van der Waals surface area contributed by atoms with E-state index in [0.29, 0.717) is 30.9 Å². The molecule has 1 fully saturated rings. The topological polar surface area (TPSA) is 83.7 Å². The summed E-state index contributed by atoms with van der Waals surface area (Å²) in [4.78, 5) is 32.0. The smallest absolute Gasteiger partial charge is 0.227 e. The quantitative estimate of drug-likeness (QED) is 0.358. The van der Waals surface area contributed by atoms with Gasteiger partial charge in [-0.2, -0.15) is 0 Å². The molecule has 3 aromatic carbocycles. The number of nitrogens with zero attached hydrogens (tertiary/aromatic N) is 1. The second-order valence-corrected chi connectivity index (χ2v) is 9.19. The molecule has 190 valence electrons. The lowest BCUT2D eigenvalue weighted by Gasteiger charge is -2.41. The summed E-state index contributed by atoms with van der Waals surface area (Å²) in [5.41, 5.74) is 3.78. The first-order valence-corrected chi connectivity index (χ1v) is 12.5. The number of ether oxygens (including phenoxy) is 2. The lowest BCUT2D eigenvalue weighted by molar-refractivity contribution is -0.129. The lowest BCUT2D eigenvalue weighted by Crippen LogP contribution is -2.48. The molecule has 7 nitrogen and oxygen atoms in total. The first-order valence-electron chi connectivity index (χ1n) is 12.5. The van der Waals surface area contributed by atoms with Gasteiger partial charge in [-0.1, -0.05) is 36.4 Å². The Hall–Kier alpha value is -4.26. The molecule has 1 saturated heterocycles. The van der Waals surface area contributed by atoms with E-state index in [4.69, 9.17) is 9.47 Å². The molecule has 4 aromatic rings. The van der Waals surface area contributed by atoms with Crippen LogP contribution in [0.1, 0.15) is 30.0 Å². The number of aromatic nitrogens is 1. The van der Waals surface area contributed by atoms with Crippen LogP contribution in [0.3, 0.4) is 0 Å². The highest BCUT2D eigenvalue weighted by Crippen LogP contribution is 2.43. The van der Waals surface area contributed by atoms with Gasteiger partial charge in [0, 0.05) is 41.3 Å². The van der Waals surface area contributed by atoms with E-state index >= 15 is 0 Å². The predicted octanol–water partition coefficient (Wildman–Crippen LogP) is 5.03. The van der Waals surface area contributed by atoms with Crippen molar-refractivity contribution in [2.75, 3.05) is 25.7 Å².